The molecule has 3 aromatic carbocycles. The molecule has 0 aliphatic rings. The Morgan fingerprint density at radius 1 is 0.857 bits per heavy atom. The van der Waals surface area contributed by atoms with Crippen LogP contribution in [0.15, 0.2) is 95.4 Å². The van der Waals surface area contributed by atoms with E-state index in [1.165, 1.54) is 30.3 Å². The van der Waals surface area contributed by atoms with Crippen LogP contribution in [0.1, 0.15) is 15.9 Å². The van der Waals surface area contributed by atoms with E-state index >= 15 is 0 Å². The fraction of sp³-hybridized carbons (Fsp3) is 0. The Balaban J connectivity index is 1.79. The molecule has 0 spiro atoms. The summed E-state index contributed by atoms with van der Waals surface area (Å²) < 4.78 is 29.6. The second kappa shape index (κ2) is 8.33. The van der Waals surface area contributed by atoms with Crippen LogP contribution in [-0.4, -0.2) is 14.2 Å². The van der Waals surface area contributed by atoms with Crippen molar-refractivity contribution in [2.45, 2.75) is 4.90 Å². The fourth-order valence-corrected chi connectivity index (χ4v) is 3.39. The van der Waals surface area contributed by atoms with Crippen molar-refractivity contribution < 1.29 is 17.4 Å². The third-order valence-electron chi connectivity index (χ3n) is 3.83. The third kappa shape index (κ3) is 4.53. The zero-order valence-corrected chi connectivity index (χ0v) is 15.5. The van der Waals surface area contributed by atoms with E-state index in [1.807, 2.05) is 6.07 Å². The maximum Gasteiger partial charge on any atom is 0.339 e. The first-order valence-corrected chi connectivity index (χ1v) is 9.71. The molecule has 5 nitrogen and oxygen atoms in total. The van der Waals surface area contributed by atoms with Gasteiger partial charge in [0.1, 0.15) is 22.3 Å². The van der Waals surface area contributed by atoms with Gasteiger partial charge in [-0.3, -0.25) is 4.79 Å². The Morgan fingerprint density at radius 3 is 2.00 bits per heavy atom. The van der Waals surface area contributed by atoms with Crippen LogP contribution in [0.3, 0.4) is 0 Å². The maximum atomic E-state index is 12.4. The van der Waals surface area contributed by atoms with E-state index in [9.17, 15) is 18.5 Å². The van der Waals surface area contributed by atoms with Crippen molar-refractivity contribution in [2.75, 3.05) is 0 Å². The summed E-state index contributed by atoms with van der Waals surface area (Å²) in [7, 11) is -3.93. The fourth-order valence-electron chi connectivity index (χ4n) is 2.44. The normalized spacial score (nSPS) is 11.5. The summed E-state index contributed by atoms with van der Waals surface area (Å²) >= 11 is 0. The highest BCUT2D eigenvalue weighted by Gasteiger charge is 2.16. The van der Waals surface area contributed by atoms with Crippen molar-refractivity contribution in [1.82, 2.24) is 0 Å². The van der Waals surface area contributed by atoms with Gasteiger partial charge in [-0.1, -0.05) is 60.7 Å². The summed E-state index contributed by atoms with van der Waals surface area (Å²) in [5.74, 6) is -0.246. The molecule has 0 saturated heterocycles. The van der Waals surface area contributed by atoms with E-state index in [1.54, 1.807) is 60.7 Å². The summed E-state index contributed by atoms with van der Waals surface area (Å²) in [4.78, 5) is 12.5. The molecule has 0 radical (unpaired) electrons. The van der Waals surface area contributed by atoms with E-state index < -0.39 is 10.1 Å². The molecule has 6 heteroatoms. The zero-order chi connectivity index (χ0) is 20.0. The Hall–Kier alpha value is -3.69. The van der Waals surface area contributed by atoms with Gasteiger partial charge in [0.2, 0.25) is 5.78 Å². The molecular formula is C22H15NO4S. The molecule has 0 unspecified atom stereocenters. The lowest BCUT2D eigenvalue weighted by atomic mass is 10.0. The van der Waals surface area contributed by atoms with Crippen molar-refractivity contribution in [2.24, 2.45) is 0 Å². The number of nitriles is 1. The first-order valence-electron chi connectivity index (χ1n) is 8.31. The molecule has 0 bridgehead atoms. The predicted molar refractivity (Wildman–Crippen MR) is 105 cm³/mol. The maximum absolute atomic E-state index is 12.4. The van der Waals surface area contributed by atoms with Gasteiger partial charge in [0, 0.05) is 5.56 Å². The summed E-state index contributed by atoms with van der Waals surface area (Å²) in [6.45, 7) is 0. The largest absolute Gasteiger partial charge is 0.379 e. The van der Waals surface area contributed by atoms with Crippen molar-refractivity contribution >= 4 is 22.0 Å². The summed E-state index contributed by atoms with van der Waals surface area (Å²) in [6.07, 6.45) is 1.45. The average Bonchev–Trinajstić information content (AvgIpc) is 2.74. The van der Waals surface area contributed by atoms with Crippen molar-refractivity contribution in [3.05, 3.63) is 102 Å². The highest BCUT2D eigenvalue weighted by atomic mass is 32.2. The molecule has 0 aliphatic heterocycles. The van der Waals surface area contributed by atoms with E-state index in [-0.39, 0.29) is 22.0 Å². The second-order valence-corrected chi connectivity index (χ2v) is 7.33. The van der Waals surface area contributed by atoms with Crippen LogP contribution in [0.4, 0.5) is 0 Å². The van der Waals surface area contributed by atoms with E-state index in [0.717, 1.165) is 0 Å². The molecule has 0 aromatic heterocycles. The van der Waals surface area contributed by atoms with Gasteiger partial charge in [-0.25, -0.2) is 0 Å². The first kappa shape index (κ1) is 19.1. The number of benzene rings is 3. The number of ketones is 1. The molecule has 0 N–H and O–H groups in total. The van der Waals surface area contributed by atoms with Gasteiger partial charge in [-0.05, 0) is 35.9 Å². The minimum absolute atomic E-state index is 0.0169. The lowest BCUT2D eigenvalue weighted by molar-refractivity contribution is 0.104. The molecule has 3 rings (SSSR count). The van der Waals surface area contributed by atoms with Gasteiger partial charge in [-0.2, -0.15) is 13.7 Å². The first-order chi connectivity index (χ1) is 13.5. The van der Waals surface area contributed by atoms with Crippen LogP contribution >= 0.6 is 0 Å². The molecule has 0 fully saturated rings. The molecule has 0 atom stereocenters. The quantitative estimate of drug-likeness (QED) is 0.272. The number of Topliss-reactive ketones (excluding diaryl/α,β-unsaturated/α-hetero) is 1. The number of rotatable bonds is 6. The number of hydrogen-bond donors (Lipinski definition) is 0. The topological polar surface area (TPSA) is 84.2 Å². The number of nitrogens with zero attached hydrogens (tertiary/aromatic N) is 1. The highest BCUT2D eigenvalue weighted by Crippen LogP contribution is 2.20. The van der Waals surface area contributed by atoms with Gasteiger partial charge in [0.05, 0.1) is 0 Å². The van der Waals surface area contributed by atoms with Crippen molar-refractivity contribution in [3.63, 3.8) is 0 Å². The molecule has 0 heterocycles. The minimum Gasteiger partial charge on any atom is -0.379 e. The van der Waals surface area contributed by atoms with Crippen LogP contribution in [0.25, 0.3) is 6.08 Å². The molecule has 0 amide bonds. The standard InChI is InChI=1S/C22H15NO4S/c23-16-19(22(24)18-7-3-1-4-8-18)15-17-11-13-20(14-12-17)27-28(25,26)21-9-5-2-6-10-21/h1-15H/b19-15+. The van der Waals surface area contributed by atoms with Crippen LogP contribution in [0.2, 0.25) is 0 Å². The zero-order valence-electron chi connectivity index (χ0n) is 14.6. The summed E-state index contributed by atoms with van der Waals surface area (Å²) in [5, 5.41) is 9.31. The van der Waals surface area contributed by atoms with E-state index in [2.05, 4.69) is 0 Å². The van der Waals surface area contributed by atoms with Crippen LogP contribution in [0.5, 0.6) is 5.75 Å². The molecule has 0 aliphatic carbocycles. The number of carbonyl (C=O) groups excluding carboxylic acids is 1. The smallest absolute Gasteiger partial charge is 0.339 e. The Bertz CT molecular complexity index is 1140. The van der Waals surface area contributed by atoms with Gasteiger partial charge >= 0.3 is 10.1 Å². The lowest BCUT2D eigenvalue weighted by Crippen LogP contribution is -2.09. The van der Waals surface area contributed by atoms with Crippen LogP contribution in [-0.2, 0) is 10.1 Å². The van der Waals surface area contributed by atoms with Crippen molar-refractivity contribution in [1.29, 1.82) is 5.26 Å². The van der Waals surface area contributed by atoms with Gasteiger partial charge in [-0.15, -0.1) is 0 Å². The third-order valence-corrected chi connectivity index (χ3v) is 5.09. The SMILES string of the molecule is N#C/C(=C\c1ccc(OS(=O)(=O)c2ccccc2)cc1)C(=O)c1ccccc1. The monoisotopic (exact) mass is 389 g/mol. The van der Waals surface area contributed by atoms with Gasteiger partial charge < -0.3 is 4.18 Å². The highest BCUT2D eigenvalue weighted by molar-refractivity contribution is 7.87. The molecule has 28 heavy (non-hydrogen) atoms. The van der Waals surface area contributed by atoms with Crippen LogP contribution in [0, 0.1) is 11.3 Å². The van der Waals surface area contributed by atoms with E-state index in [0.29, 0.717) is 11.1 Å². The summed E-state index contributed by atoms with van der Waals surface area (Å²) in [5.41, 5.74) is 0.978. The Labute approximate surface area is 163 Å². The minimum atomic E-state index is -3.93. The Morgan fingerprint density at radius 2 is 1.43 bits per heavy atom. The molecule has 138 valence electrons. The second-order valence-electron chi connectivity index (χ2n) is 5.78. The van der Waals surface area contributed by atoms with Crippen LogP contribution < -0.4 is 4.18 Å². The number of allylic oxidation sites excluding steroid dienone is 1. The van der Waals surface area contributed by atoms with Gasteiger partial charge in [0.15, 0.2) is 0 Å². The van der Waals surface area contributed by atoms with Crippen molar-refractivity contribution in [3.8, 4) is 11.8 Å². The Kier molecular flexibility index (Phi) is 5.68. The number of carbonyl (C=O) groups is 1. The molecule has 0 saturated carbocycles. The molecular weight excluding hydrogens is 374 g/mol. The van der Waals surface area contributed by atoms with Gasteiger partial charge in [0.25, 0.3) is 0 Å². The molecule has 3 aromatic rings. The number of hydrogen-bond acceptors (Lipinski definition) is 5. The summed E-state index contributed by atoms with van der Waals surface area (Å²) in [6, 6.07) is 24.3. The average molecular weight is 389 g/mol. The van der Waals surface area contributed by atoms with E-state index in [4.69, 9.17) is 4.18 Å². The lowest BCUT2D eigenvalue weighted by Gasteiger charge is -2.07. The predicted octanol–water partition coefficient (Wildman–Crippen LogP) is 4.24.